The van der Waals surface area contributed by atoms with Crippen LogP contribution in [0.15, 0.2) is 53.0 Å². The van der Waals surface area contributed by atoms with Gasteiger partial charge in [0.2, 0.25) is 0 Å². The predicted octanol–water partition coefficient (Wildman–Crippen LogP) is 7.83. The molecule has 0 bridgehead atoms. The normalized spacial score (nSPS) is 12.4. The van der Waals surface area contributed by atoms with Crippen molar-refractivity contribution in [2.24, 2.45) is 0 Å². The third kappa shape index (κ3) is 2.14. The van der Waals surface area contributed by atoms with Gasteiger partial charge in [-0.25, -0.2) is 0 Å². The van der Waals surface area contributed by atoms with E-state index < -0.39 is 0 Å². The van der Waals surface area contributed by atoms with E-state index in [0.29, 0.717) is 5.92 Å². The Morgan fingerprint density at radius 1 is 0.750 bits per heavy atom. The first-order chi connectivity index (χ1) is 13.6. The van der Waals surface area contributed by atoms with Gasteiger partial charge in [0.15, 0.2) is 0 Å². The fourth-order valence-electron chi connectivity index (χ4n) is 5.07. The number of para-hydroxylation sites is 2. The largest absolute Gasteiger partial charge is 0.340 e. The predicted molar refractivity (Wildman–Crippen MR) is 126 cm³/mol. The molecule has 0 spiro atoms. The van der Waals surface area contributed by atoms with Gasteiger partial charge in [-0.15, -0.1) is 0 Å². The molecule has 0 N–H and O–H groups in total. The van der Waals surface area contributed by atoms with Crippen LogP contribution in [0.5, 0.6) is 0 Å². The van der Waals surface area contributed by atoms with Gasteiger partial charge in [-0.1, -0.05) is 50.2 Å². The van der Waals surface area contributed by atoms with Crippen molar-refractivity contribution in [1.29, 1.82) is 0 Å². The maximum Gasteiger partial charge on any atom is 0.0646 e. The van der Waals surface area contributed by atoms with E-state index in [1.807, 2.05) is 0 Å². The van der Waals surface area contributed by atoms with Crippen molar-refractivity contribution < 1.29 is 0 Å². The van der Waals surface area contributed by atoms with Crippen molar-refractivity contribution >= 4 is 59.5 Å². The zero-order chi connectivity index (χ0) is 19.6. The molecule has 2 heterocycles. The van der Waals surface area contributed by atoms with Crippen LogP contribution in [0, 0.1) is 0 Å². The molecule has 2 nitrogen and oxygen atoms in total. The maximum atomic E-state index is 4.06. The van der Waals surface area contributed by atoms with Crippen LogP contribution >= 0.6 is 15.9 Å². The second kappa shape index (κ2) is 6.38. The minimum Gasteiger partial charge on any atom is -0.340 e. The van der Waals surface area contributed by atoms with E-state index >= 15 is 0 Å². The molecule has 2 aromatic heterocycles. The zero-order valence-electron chi connectivity index (χ0n) is 16.9. The maximum absolute atomic E-state index is 4.06. The molecule has 0 atom stereocenters. The van der Waals surface area contributed by atoms with Crippen molar-refractivity contribution in [1.82, 2.24) is 9.13 Å². The highest BCUT2D eigenvalue weighted by Crippen LogP contribution is 2.47. The van der Waals surface area contributed by atoms with Crippen molar-refractivity contribution in [3.05, 3.63) is 58.6 Å². The second-order valence-electron chi connectivity index (χ2n) is 7.85. The highest BCUT2D eigenvalue weighted by atomic mass is 79.9. The van der Waals surface area contributed by atoms with Crippen LogP contribution in [0.1, 0.15) is 39.2 Å². The molecular formula is C25H25BrN2. The molecule has 0 unspecified atom stereocenters. The minimum absolute atomic E-state index is 0.434. The van der Waals surface area contributed by atoms with E-state index in [-0.39, 0.29) is 0 Å². The molecule has 3 heteroatoms. The fraction of sp³-hybridized carbons (Fsp3) is 0.280. The summed E-state index contributed by atoms with van der Waals surface area (Å²) >= 11 is 4.06. The lowest BCUT2D eigenvalue weighted by Crippen LogP contribution is -2.01. The van der Waals surface area contributed by atoms with Crippen molar-refractivity contribution in [3.63, 3.8) is 0 Å². The standard InChI is InChI=1S/C25H25BrN2/c1-5-27-19-14-10-8-12-17(19)22-23(26)25-21(20(15(3)4)24(22)27)16-11-7-9-13-18(16)28(25)6-2/h7-15H,5-6H2,1-4H3. The van der Waals surface area contributed by atoms with E-state index in [4.69, 9.17) is 0 Å². The van der Waals surface area contributed by atoms with Gasteiger partial charge in [-0.05, 0) is 53.4 Å². The topological polar surface area (TPSA) is 9.86 Å². The molecule has 3 aromatic carbocycles. The van der Waals surface area contributed by atoms with Gasteiger partial charge in [0, 0.05) is 45.7 Å². The number of hydrogen-bond donors (Lipinski definition) is 0. The minimum atomic E-state index is 0.434. The van der Waals surface area contributed by atoms with Crippen molar-refractivity contribution in [2.75, 3.05) is 0 Å². The first-order valence-corrected chi connectivity index (χ1v) is 11.0. The number of nitrogens with zero attached hydrogens (tertiary/aromatic N) is 2. The molecule has 5 rings (SSSR count). The average Bonchev–Trinajstić information content (AvgIpc) is 3.21. The molecule has 0 radical (unpaired) electrons. The number of aryl methyl sites for hydroxylation is 2. The lowest BCUT2D eigenvalue weighted by atomic mass is 9.94. The number of fused-ring (bicyclic) bond motifs is 6. The van der Waals surface area contributed by atoms with Crippen LogP contribution in [0.2, 0.25) is 0 Å². The number of aromatic nitrogens is 2. The molecule has 0 amide bonds. The lowest BCUT2D eigenvalue weighted by molar-refractivity contribution is 0.805. The third-order valence-corrected chi connectivity index (χ3v) is 6.88. The molecule has 0 saturated carbocycles. The molecule has 0 aliphatic heterocycles. The molecule has 0 fully saturated rings. The number of rotatable bonds is 3. The molecule has 142 valence electrons. The summed E-state index contributed by atoms with van der Waals surface area (Å²) in [5.41, 5.74) is 6.83. The molecule has 0 aliphatic carbocycles. The summed E-state index contributed by atoms with van der Waals surface area (Å²) in [6.07, 6.45) is 0. The van der Waals surface area contributed by atoms with Crippen LogP contribution < -0.4 is 0 Å². The van der Waals surface area contributed by atoms with Crippen LogP contribution in [-0.2, 0) is 13.1 Å². The molecule has 0 aliphatic rings. The quantitative estimate of drug-likeness (QED) is 0.274. The van der Waals surface area contributed by atoms with Gasteiger partial charge in [0.25, 0.3) is 0 Å². The second-order valence-corrected chi connectivity index (χ2v) is 8.65. The van der Waals surface area contributed by atoms with Crippen LogP contribution in [-0.4, -0.2) is 9.13 Å². The van der Waals surface area contributed by atoms with Crippen molar-refractivity contribution in [2.45, 2.75) is 46.7 Å². The van der Waals surface area contributed by atoms with Gasteiger partial charge in [-0.3, -0.25) is 0 Å². The fourth-order valence-corrected chi connectivity index (χ4v) is 5.88. The lowest BCUT2D eigenvalue weighted by Gasteiger charge is -2.16. The molecule has 0 saturated heterocycles. The monoisotopic (exact) mass is 432 g/mol. The Kier molecular flexibility index (Phi) is 4.06. The Labute approximate surface area is 173 Å². The van der Waals surface area contributed by atoms with Crippen molar-refractivity contribution in [3.8, 4) is 0 Å². The Morgan fingerprint density at radius 2 is 1.25 bits per heavy atom. The first-order valence-electron chi connectivity index (χ1n) is 10.2. The van der Waals surface area contributed by atoms with E-state index in [0.717, 1.165) is 13.1 Å². The van der Waals surface area contributed by atoms with E-state index in [1.165, 1.54) is 53.6 Å². The van der Waals surface area contributed by atoms with Crippen LogP contribution in [0.25, 0.3) is 43.6 Å². The average molecular weight is 433 g/mol. The third-order valence-electron chi connectivity index (χ3n) is 6.10. The SMILES string of the molecule is CCn1c2ccccc2c2c(C(C)C)c3c(c(Br)c21)c1ccccc1n3CC. The number of benzene rings is 3. The Bertz CT molecular complexity index is 1360. The summed E-state index contributed by atoms with van der Waals surface area (Å²) in [7, 11) is 0. The summed E-state index contributed by atoms with van der Waals surface area (Å²) in [5, 5.41) is 5.46. The smallest absolute Gasteiger partial charge is 0.0646 e. The van der Waals surface area contributed by atoms with Crippen LogP contribution in [0.3, 0.4) is 0 Å². The first kappa shape index (κ1) is 17.8. The van der Waals surface area contributed by atoms with Crippen LogP contribution in [0.4, 0.5) is 0 Å². The summed E-state index contributed by atoms with van der Waals surface area (Å²) in [6, 6.07) is 17.7. The summed E-state index contributed by atoms with van der Waals surface area (Å²) in [5.74, 6) is 0.434. The number of halogens is 1. The highest BCUT2D eigenvalue weighted by molar-refractivity contribution is 9.10. The van der Waals surface area contributed by atoms with Gasteiger partial charge in [0.1, 0.15) is 0 Å². The molecule has 5 aromatic rings. The van der Waals surface area contributed by atoms with Gasteiger partial charge < -0.3 is 9.13 Å². The van der Waals surface area contributed by atoms with Gasteiger partial charge in [0.05, 0.1) is 15.5 Å². The Morgan fingerprint density at radius 3 is 1.79 bits per heavy atom. The van der Waals surface area contributed by atoms with E-state index in [2.05, 4.69) is 101 Å². The van der Waals surface area contributed by atoms with E-state index in [9.17, 15) is 0 Å². The summed E-state index contributed by atoms with van der Waals surface area (Å²) in [4.78, 5) is 0. The summed E-state index contributed by atoms with van der Waals surface area (Å²) in [6.45, 7) is 11.1. The molecular weight excluding hydrogens is 408 g/mol. The Balaban J connectivity index is 2.21. The molecule has 28 heavy (non-hydrogen) atoms. The van der Waals surface area contributed by atoms with E-state index in [1.54, 1.807) is 0 Å². The Hall–Kier alpha value is -2.26. The highest BCUT2D eigenvalue weighted by Gasteiger charge is 2.25. The summed E-state index contributed by atoms with van der Waals surface area (Å²) < 4.78 is 6.20. The number of hydrogen-bond acceptors (Lipinski definition) is 0. The van der Waals surface area contributed by atoms with Gasteiger partial charge in [-0.2, -0.15) is 0 Å². The zero-order valence-corrected chi connectivity index (χ0v) is 18.5. The van der Waals surface area contributed by atoms with Gasteiger partial charge >= 0.3 is 0 Å².